The molecule has 0 radical (unpaired) electrons. The summed E-state index contributed by atoms with van der Waals surface area (Å²) in [7, 11) is 5.95. The second-order valence-electron chi connectivity index (χ2n) is 29.1. The van der Waals surface area contributed by atoms with Crippen molar-refractivity contribution in [2.45, 2.75) is 424 Å². The summed E-state index contributed by atoms with van der Waals surface area (Å²) in [6, 6.07) is 0. The Morgan fingerprint density at radius 1 is 0.323 bits per heavy atom. The van der Waals surface area contributed by atoms with Gasteiger partial charge in [0.1, 0.15) is 13.2 Å². The minimum absolute atomic E-state index is 0.151. The normalized spacial score (nSPS) is 12.8. The van der Waals surface area contributed by atoms with Crippen LogP contribution in [-0.2, 0) is 33.3 Å². The Kier molecular flexibility index (Phi) is 72.8. The van der Waals surface area contributed by atoms with Crippen molar-refractivity contribution in [1.82, 2.24) is 0 Å². The number of carbonyl (C=O) groups is 3. The van der Waals surface area contributed by atoms with Gasteiger partial charge in [-0.2, -0.15) is 0 Å². The third kappa shape index (κ3) is 76.5. The summed E-state index contributed by atoms with van der Waals surface area (Å²) >= 11 is 0. The number of esters is 2. The number of ether oxygens (including phenoxy) is 4. The zero-order valence-corrected chi connectivity index (χ0v) is 62.7. The highest BCUT2D eigenvalue weighted by Crippen LogP contribution is 2.20. The van der Waals surface area contributed by atoms with Crippen LogP contribution in [0.5, 0.6) is 0 Å². The molecule has 93 heavy (non-hydrogen) atoms. The molecule has 0 spiro atoms. The highest BCUT2D eigenvalue weighted by Gasteiger charge is 2.22. The third-order valence-corrected chi connectivity index (χ3v) is 18.5. The van der Waals surface area contributed by atoms with Gasteiger partial charge in [-0.3, -0.25) is 9.59 Å². The van der Waals surface area contributed by atoms with Crippen molar-refractivity contribution in [2.75, 3.05) is 47.5 Å². The molecule has 9 heteroatoms. The molecular formula is C84H157NO8. The number of hydrogen-bond donors (Lipinski definition) is 0. The van der Waals surface area contributed by atoms with Gasteiger partial charge in [0.2, 0.25) is 0 Å². The molecule has 0 aliphatic rings. The summed E-state index contributed by atoms with van der Waals surface area (Å²) in [5.41, 5.74) is 0. The Morgan fingerprint density at radius 3 is 0.871 bits per heavy atom. The lowest BCUT2D eigenvalue weighted by molar-refractivity contribution is -0.870. The third-order valence-electron chi connectivity index (χ3n) is 18.5. The summed E-state index contributed by atoms with van der Waals surface area (Å²) in [4.78, 5) is 37.6. The number of likely N-dealkylation sites (N-methyl/N-ethyl adjacent to an activating group) is 1. The molecule has 0 aliphatic heterocycles. The van der Waals surface area contributed by atoms with Crippen LogP contribution >= 0.6 is 0 Å². The van der Waals surface area contributed by atoms with Gasteiger partial charge in [0, 0.05) is 12.8 Å². The molecule has 0 aromatic carbocycles. The van der Waals surface area contributed by atoms with Crippen LogP contribution in [0.1, 0.15) is 412 Å². The molecule has 0 saturated carbocycles. The molecule has 9 nitrogen and oxygen atoms in total. The highest BCUT2D eigenvalue weighted by atomic mass is 16.7. The molecule has 0 fully saturated rings. The number of carboxylic acid groups (broad SMARTS) is 1. The van der Waals surface area contributed by atoms with Gasteiger partial charge in [-0.05, 0) is 77.0 Å². The SMILES string of the molecule is CCCCCCC/C=C\C/C=C\C/C=C\CCCCCCCCCCCCCCCCCCCCCCCCC(=O)OC(COC(=O)CCCCCCCCCCCCCCCCCCCCC/C=C\CCCCCCCCCC)COC(OCC[N+](C)(C)C)C(=O)[O-]. The maximum absolute atomic E-state index is 13.0. The Labute approximate surface area is 578 Å². The molecule has 546 valence electrons. The molecule has 0 rings (SSSR count). The number of nitrogens with zero attached hydrogens (tertiary/aromatic N) is 1. The van der Waals surface area contributed by atoms with E-state index in [1.165, 1.54) is 334 Å². The summed E-state index contributed by atoms with van der Waals surface area (Å²) in [6.07, 6.45) is 95.3. The summed E-state index contributed by atoms with van der Waals surface area (Å²) < 4.78 is 22.9. The van der Waals surface area contributed by atoms with E-state index in [1.807, 2.05) is 21.1 Å². The molecular weight excluding hydrogens is 1150 g/mol. The standard InChI is InChI=1S/C84H157NO8/c1-6-8-10-12-14-16-18-20-22-24-26-28-30-32-34-36-38-39-40-41-42-43-45-47-49-51-53-55-57-59-61-63-65-67-69-71-73-75-82(87)93-80(79-92-84(83(88)89)90-77-76-85(3,4)5)78-91-81(86)74-72-70-68-66-64-62-60-58-56-54-52-50-48-46-44-37-35-33-31-29-27-25-23-21-19-17-15-13-11-9-7-2/h18,20,24-27,30,32,80,84H,6-17,19,21-23,28-29,31,33-79H2,1-5H3/b20-18-,26-24-,27-25-,32-30-. The largest absolute Gasteiger partial charge is 0.545 e. The Bertz CT molecular complexity index is 1670. The van der Waals surface area contributed by atoms with E-state index in [2.05, 4.69) is 62.5 Å². The van der Waals surface area contributed by atoms with Crippen LogP contribution in [0.4, 0.5) is 0 Å². The van der Waals surface area contributed by atoms with Crippen LogP contribution in [0.3, 0.4) is 0 Å². The molecule has 0 bridgehead atoms. The zero-order valence-electron chi connectivity index (χ0n) is 62.7. The van der Waals surface area contributed by atoms with E-state index in [9.17, 15) is 19.5 Å². The van der Waals surface area contributed by atoms with E-state index >= 15 is 0 Å². The van der Waals surface area contributed by atoms with Crippen molar-refractivity contribution >= 4 is 17.9 Å². The van der Waals surface area contributed by atoms with Crippen LogP contribution in [0, 0.1) is 0 Å². The van der Waals surface area contributed by atoms with Gasteiger partial charge in [-0.15, -0.1) is 0 Å². The number of rotatable bonds is 77. The number of hydrogen-bond acceptors (Lipinski definition) is 8. The van der Waals surface area contributed by atoms with E-state index in [0.29, 0.717) is 17.4 Å². The summed E-state index contributed by atoms with van der Waals surface area (Å²) in [5.74, 6) is -2.25. The molecule has 2 unspecified atom stereocenters. The zero-order chi connectivity index (χ0) is 67.5. The van der Waals surface area contributed by atoms with Gasteiger partial charge in [-0.1, -0.05) is 371 Å². The van der Waals surface area contributed by atoms with Gasteiger partial charge in [0.25, 0.3) is 0 Å². The molecule has 0 aromatic rings. The first-order chi connectivity index (χ1) is 45.6. The van der Waals surface area contributed by atoms with Crippen LogP contribution in [0.15, 0.2) is 48.6 Å². The predicted octanol–water partition coefficient (Wildman–Crippen LogP) is 24.7. The summed E-state index contributed by atoms with van der Waals surface area (Å²) in [6.45, 7) is 4.81. The monoisotopic (exact) mass is 1310 g/mol. The molecule has 0 aliphatic carbocycles. The molecule has 0 saturated heterocycles. The van der Waals surface area contributed by atoms with E-state index in [1.54, 1.807) is 0 Å². The van der Waals surface area contributed by atoms with E-state index < -0.39 is 24.3 Å². The van der Waals surface area contributed by atoms with Crippen LogP contribution < -0.4 is 5.11 Å². The fourth-order valence-corrected chi connectivity index (χ4v) is 12.3. The van der Waals surface area contributed by atoms with Gasteiger partial charge < -0.3 is 33.3 Å². The van der Waals surface area contributed by atoms with Crippen molar-refractivity contribution in [1.29, 1.82) is 0 Å². The smallest absolute Gasteiger partial charge is 0.306 e. The average molecular weight is 1310 g/mol. The van der Waals surface area contributed by atoms with Crippen LogP contribution in [0.25, 0.3) is 0 Å². The maximum atomic E-state index is 13.0. The lowest BCUT2D eigenvalue weighted by Gasteiger charge is -2.26. The van der Waals surface area contributed by atoms with Crippen LogP contribution in [-0.4, -0.2) is 82.3 Å². The average Bonchev–Trinajstić information content (AvgIpc) is 3.73. The fourth-order valence-electron chi connectivity index (χ4n) is 12.3. The second kappa shape index (κ2) is 75.0. The second-order valence-corrected chi connectivity index (χ2v) is 29.1. The molecule has 0 aromatic heterocycles. The Balaban J connectivity index is 3.97. The Morgan fingerprint density at radius 2 is 0.581 bits per heavy atom. The quantitative estimate of drug-likeness (QED) is 0.0195. The first-order valence-electron chi connectivity index (χ1n) is 40.8. The first-order valence-corrected chi connectivity index (χ1v) is 40.8. The first kappa shape index (κ1) is 90.2. The highest BCUT2D eigenvalue weighted by molar-refractivity contribution is 5.70. The number of carboxylic acids is 1. The van der Waals surface area contributed by atoms with E-state index in [0.717, 1.165) is 51.4 Å². The molecule has 0 N–H and O–H groups in total. The van der Waals surface area contributed by atoms with Crippen LogP contribution in [0.2, 0.25) is 0 Å². The van der Waals surface area contributed by atoms with Gasteiger partial charge in [0.15, 0.2) is 12.4 Å². The number of allylic oxidation sites excluding steroid dienone is 8. The van der Waals surface area contributed by atoms with Gasteiger partial charge in [-0.25, -0.2) is 0 Å². The maximum Gasteiger partial charge on any atom is 0.306 e. The van der Waals surface area contributed by atoms with Gasteiger partial charge in [0.05, 0.1) is 40.3 Å². The number of unbranched alkanes of at least 4 members (excludes halogenated alkanes) is 54. The number of aliphatic carboxylic acids is 1. The molecule has 0 amide bonds. The Hall–Kier alpha value is -2.75. The lowest BCUT2D eigenvalue weighted by Crippen LogP contribution is -2.44. The fraction of sp³-hybridized carbons (Fsp3) is 0.869. The van der Waals surface area contributed by atoms with Crippen molar-refractivity contribution in [3.63, 3.8) is 0 Å². The van der Waals surface area contributed by atoms with Crippen molar-refractivity contribution in [2.24, 2.45) is 0 Å². The predicted molar refractivity (Wildman–Crippen MR) is 399 cm³/mol. The minimum atomic E-state index is -1.62. The topological polar surface area (TPSA) is 111 Å². The molecule has 0 heterocycles. The van der Waals surface area contributed by atoms with E-state index in [-0.39, 0.29) is 32.2 Å². The number of carbonyl (C=O) groups excluding carboxylic acids is 3. The van der Waals surface area contributed by atoms with Gasteiger partial charge >= 0.3 is 11.9 Å². The van der Waals surface area contributed by atoms with Crippen molar-refractivity contribution in [3.05, 3.63) is 48.6 Å². The van der Waals surface area contributed by atoms with E-state index in [4.69, 9.17) is 18.9 Å². The molecule has 2 atom stereocenters. The minimum Gasteiger partial charge on any atom is -0.545 e. The van der Waals surface area contributed by atoms with Crippen molar-refractivity contribution < 1.29 is 42.9 Å². The lowest BCUT2D eigenvalue weighted by atomic mass is 10.0. The summed E-state index contributed by atoms with van der Waals surface area (Å²) in [5, 5.41) is 11.9. The van der Waals surface area contributed by atoms with Crippen molar-refractivity contribution in [3.8, 4) is 0 Å². The number of quaternary nitrogens is 1.